The molecule has 0 amide bonds. The van der Waals surface area contributed by atoms with Crippen molar-refractivity contribution < 1.29 is 19.7 Å². The third-order valence-electron chi connectivity index (χ3n) is 2.23. The third kappa shape index (κ3) is 5.03. The Balaban J connectivity index is 2.44. The van der Waals surface area contributed by atoms with E-state index in [-0.39, 0.29) is 12.2 Å². The number of aromatic carboxylic acids is 1. The molecule has 0 bridgehead atoms. The first kappa shape index (κ1) is 14.9. The van der Waals surface area contributed by atoms with Gasteiger partial charge in [0.05, 0.1) is 18.8 Å². The average Bonchev–Trinajstić information content (AvgIpc) is 2.35. The number of ether oxygens (including phenoxy) is 1. The second-order valence-corrected chi connectivity index (χ2v) is 4.53. The van der Waals surface area contributed by atoms with Crippen molar-refractivity contribution in [3.8, 4) is 0 Å². The summed E-state index contributed by atoms with van der Waals surface area (Å²) < 4.78 is 5.84. The molecule has 0 heterocycles. The predicted molar refractivity (Wildman–Crippen MR) is 72.1 cm³/mol. The first-order chi connectivity index (χ1) is 8.65. The fourth-order valence-electron chi connectivity index (χ4n) is 1.41. The molecule has 1 rings (SSSR count). The van der Waals surface area contributed by atoms with Crippen molar-refractivity contribution in [3.63, 3.8) is 0 Å². The maximum absolute atomic E-state index is 11.0. The van der Waals surface area contributed by atoms with E-state index in [1.165, 1.54) is 0 Å². The van der Waals surface area contributed by atoms with E-state index < -0.39 is 5.97 Å². The van der Waals surface area contributed by atoms with E-state index in [0.29, 0.717) is 25.4 Å². The molecule has 1 aromatic carbocycles. The van der Waals surface area contributed by atoms with Crippen LogP contribution in [0.2, 0.25) is 0 Å². The highest BCUT2D eigenvalue weighted by atomic mass is 79.9. The Morgan fingerprint density at radius 3 is 2.83 bits per heavy atom. The summed E-state index contributed by atoms with van der Waals surface area (Å²) in [5, 5.41) is 20.6. The van der Waals surface area contributed by atoms with Gasteiger partial charge in [0.25, 0.3) is 0 Å². The van der Waals surface area contributed by atoms with Crippen molar-refractivity contribution >= 4 is 27.6 Å². The average molecular weight is 318 g/mol. The van der Waals surface area contributed by atoms with E-state index in [1.807, 2.05) is 0 Å². The summed E-state index contributed by atoms with van der Waals surface area (Å²) >= 11 is 3.24. The monoisotopic (exact) mass is 317 g/mol. The number of aliphatic hydroxyl groups is 1. The van der Waals surface area contributed by atoms with Gasteiger partial charge in [-0.1, -0.05) is 15.9 Å². The highest BCUT2D eigenvalue weighted by Gasteiger charge is 2.09. The van der Waals surface area contributed by atoms with Gasteiger partial charge in [-0.05, 0) is 24.6 Å². The van der Waals surface area contributed by atoms with Gasteiger partial charge in [-0.25, -0.2) is 4.79 Å². The molecule has 0 saturated carbocycles. The van der Waals surface area contributed by atoms with Crippen LogP contribution in [-0.2, 0) is 4.74 Å². The predicted octanol–water partition coefficient (Wildman–Crippen LogP) is 1.96. The minimum Gasteiger partial charge on any atom is -0.478 e. The van der Waals surface area contributed by atoms with Crippen molar-refractivity contribution in [1.29, 1.82) is 0 Å². The molecule has 0 unspecified atom stereocenters. The molecule has 100 valence electrons. The molecule has 0 fully saturated rings. The first-order valence-corrected chi connectivity index (χ1v) is 6.39. The molecule has 6 heteroatoms. The van der Waals surface area contributed by atoms with Gasteiger partial charge < -0.3 is 20.3 Å². The van der Waals surface area contributed by atoms with E-state index in [2.05, 4.69) is 21.2 Å². The Kier molecular flexibility index (Phi) is 6.70. The highest BCUT2D eigenvalue weighted by molar-refractivity contribution is 9.10. The maximum Gasteiger partial charge on any atom is 0.337 e. The van der Waals surface area contributed by atoms with Gasteiger partial charge in [0, 0.05) is 23.3 Å². The summed E-state index contributed by atoms with van der Waals surface area (Å²) in [5.41, 5.74) is 0.827. The van der Waals surface area contributed by atoms with Crippen LogP contribution in [0.5, 0.6) is 0 Å². The van der Waals surface area contributed by atoms with E-state index >= 15 is 0 Å². The normalized spacial score (nSPS) is 10.3. The fourth-order valence-corrected chi connectivity index (χ4v) is 1.77. The zero-order valence-corrected chi connectivity index (χ0v) is 11.4. The number of hydrogen-bond acceptors (Lipinski definition) is 4. The molecule has 0 radical (unpaired) electrons. The summed E-state index contributed by atoms with van der Waals surface area (Å²) in [6.07, 6.45) is 0.745. The van der Waals surface area contributed by atoms with E-state index in [4.69, 9.17) is 14.9 Å². The zero-order valence-electron chi connectivity index (χ0n) is 9.86. The molecule has 0 aromatic heterocycles. The fraction of sp³-hybridized carbons (Fsp3) is 0.417. The minimum absolute atomic E-state index is 0.0172. The molecule has 0 aliphatic rings. The number of carbonyl (C=O) groups is 1. The van der Waals surface area contributed by atoms with E-state index in [9.17, 15) is 4.79 Å². The molecule has 0 atom stereocenters. The van der Waals surface area contributed by atoms with Crippen LogP contribution in [0.1, 0.15) is 16.8 Å². The minimum atomic E-state index is -0.963. The zero-order chi connectivity index (χ0) is 13.4. The van der Waals surface area contributed by atoms with Crippen molar-refractivity contribution in [3.05, 3.63) is 28.2 Å². The Labute approximate surface area is 114 Å². The van der Waals surface area contributed by atoms with Crippen LogP contribution in [0.15, 0.2) is 22.7 Å². The van der Waals surface area contributed by atoms with Crippen LogP contribution < -0.4 is 5.32 Å². The quantitative estimate of drug-likeness (QED) is 0.639. The van der Waals surface area contributed by atoms with Crippen LogP contribution in [-0.4, -0.2) is 42.5 Å². The van der Waals surface area contributed by atoms with Crippen molar-refractivity contribution in [2.75, 3.05) is 31.7 Å². The van der Waals surface area contributed by atoms with Crippen LogP contribution >= 0.6 is 15.9 Å². The lowest BCUT2D eigenvalue weighted by Crippen LogP contribution is -2.10. The van der Waals surface area contributed by atoms with E-state index in [0.717, 1.165) is 10.9 Å². The number of aliphatic hydroxyl groups excluding tert-OH is 1. The Morgan fingerprint density at radius 2 is 2.17 bits per heavy atom. The molecule has 0 aliphatic carbocycles. The van der Waals surface area contributed by atoms with Gasteiger partial charge in [-0.3, -0.25) is 0 Å². The standard InChI is InChI=1S/C12H16BrNO4/c13-9-2-3-11(10(8-9)12(16)17)14-4-1-6-18-7-5-15/h2-3,8,14-15H,1,4-7H2,(H,16,17). The Bertz CT molecular complexity index is 398. The van der Waals surface area contributed by atoms with Crippen molar-refractivity contribution in [1.82, 2.24) is 0 Å². The summed E-state index contributed by atoms with van der Waals surface area (Å²) in [6, 6.07) is 5.08. The number of carboxylic acid groups (broad SMARTS) is 1. The number of carboxylic acids is 1. The number of nitrogens with one attached hydrogen (secondary N) is 1. The van der Waals surface area contributed by atoms with E-state index in [1.54, 1.807) is 18.2 Å². The largest absolute Gasteiger partial charge is 0.478 e. The van der Waals surface area contributed by atoms with Crippen LogP contribution in [0.3, 0.4) is 0 Å². The number of halogens is 1. The van der Waals surface area contributed by atoms with Gasteiger partial charge in [0.2, 0.25) is 0 Å². The molecule has 1 aromatic rings. The Morgan fingerprint density at radius 1 is 1.39 bits per heavy atom. The molecular weight excluding hydrogens is 302 g/mol. The molecule has 3 N–H and O–H groups in total. The van der Waals surface area contributed by atoms with Gasteiger partial charge >= 0.3 is 5.97 Å². The van der Waals surface area contributed by atoms with Gasteiger partial charge in [0.1, 0.15) is 0 Å². The number of benzene rings is 1. The number of rotatable bonds is 8. The van der Waals surface area contributed by atoms with Crippen molar-refractivity contribution in [2.24, 2.45) is 0 Å². The van der Waals surface area contributed by atoms with Gasteiger partial charge in [-0.15, -0.1) is 0 Å². The van der Waals surface area contributed by atoms with Crippen LogP contribution in [0.25, 0.3) is 0 Å². The van der Waals surface area contributed by atoms with Crippen molar-refractivity contribution in [2.45, 2.75) is 6.42 Å². The first-order valence-electron chi connectivity index (χ1n) is 5.60. The SMILES string of the molecule is O=C(O)c1cc(Br)ccc1NCCCOCCO. The molecular formula is C12H16BrNO4. The lowest BCUT2D eigenvalue weighted by atomic mass is 10.2. The third-order valence-corrected chi connectivity index (χ3v) is 2.72. The molecule has 0 aliphatic heterocycles. The lowest BCUT2D eigenvalue weighted by molar-refractivity contribution is 0.0698. The molecule has 0 spiro atoms. The van der Waals surface area contributed by atoms with Gasteiger partial charge in [-0.2, -0.15) is 0 Å². The number of hydrogen-bond donors (Lipinski definition) is 3. The smallest absolute Gasteiger partial charge is 0.337 e. The summed E-state index contributed by atoms with van der Waals surface area (Å²) in [6.45, 7) is 1.50. The topological polar surface area (TPSA) is 78.8 Å². The summed E-state index contributed by atoms with van der Waals surface area (Å²) in [5.74, 6) is -0.963. The van der Waals surface area contributed by atoms with Crippen LogP contribution in [0.4, 0.5) is 5.69 Å². The Hall–Kier alpha value is -1.11. The van der Waals surface area contributed by atoms with Crippen LogP contribution in [0, 0.1) is 0 Å². The number of anilines is 1. The molecule has 0 saturated heterocycles. The molecule has 18 heavy (non-hydrogen) atoms. The molecule has 5 nitrogen and oxygen atoms in total. The van der Waals surface area contributed by atoms with Gasteiger partial charge in [0.15, 0.2) is 0 Å². The summed E-state index contributed by atoms with van der Waals surface area (Å²) in [7, 11) is 0. The second kappa shape index (κ2) is 8.07. The highest BCUT2D eigenvalue weighted by Crippen LogP contribution is 2.21. The second-order valence-electron chi connectivity index (χ2n) is 3.61. The lowest BCUT2D eigenvalue weighted by Gasteiger charge is -2.10. The summed E-state index contributed by atoms with van der Waals surface area (Å²) in [4.78, 5) is 11.0. The maximum atomic E-state index is 11.0.